The number of H-pyrrole nitrogens is 2. The van der Waals surface area contributed by atoms with E-state index in [0.717, 1.165) is 50.7 Å². The molecule has 130 valence electrons. The quantitative estimate of drug-likeness (QED) is 0.532. The van der Waals surface area contributed by atoms with E-state index in [4.69, 9.17) is 0 Å². The molecule has 1 aliphatic heterocycles. The minimum atomic E-state index is -0.142. The first-order chi connectivity index (χ1) is 12.6. The van der Waals surface area contributed by atoms with E-state index in [1.807, 2.05) is 30.5 Å². The van der Waals surface area contributed by atoms with Gasteiger partial charge < -0.3 is 20.2 Å². The lowest BCUT2D eigenvalue weighted by atomic mass is 9.95. The van der Waals surface area contributed by atoms with E-state index in [2.05, 4.69) is 52.5 Å². The van der Waals surface area contributed by atoms with Crippen LogP contribution in [-0.4, -0.2) is 34.9 Å². The Bertz CT molecular complexity index is 1150. The van der Waals surface area contributed by atoms with Crippen LogP contribution in [0.1, 0.15) is 33.2 Å². The third-order valence-electron chi connectivity index (χ3n) is 5.15. The molecule has 3 N–H and O–H groups in total. The Balaban J connectivity index is 1.75. The summed E-state index contributed by atoms with van der Waals surface area (Å²) in [6.07, 6.45) is 1.91. The molecule has 0 radical (unpaired) electrons. The summed E-state index contributed by atoms with van der Waals surface area (Å²) < 4.78 is 0. The highest BCUT2D eigenvalue weighted by Gasteiger charge is 2.33. The smallest absolute Gasteiger partial charge is 0.252 e. The van der Waals surface area contributed by atoms with Crippen molar-refractivity contribution >= 4 is 27.7 Å². The second-order valence-corrected chi connectivity index (χ2v) is 7.21. The molecule has 26 heavy (non-hydrogen) atoms. The van der Waals surface area contributed by atoms with E-state index in [-0.39, 0.29) is 11.9 Å². The van der Waals surface area contributed by atoms with Crippen molar-refractivity contribution in [2.45, 2.75) is 12.6 Å². The van der Waals surface area contributed by atoms with Crippen molar-refractivity contribution in [1.82, 2.24) is 20.2 Å². The molecular formula is C21H20N4O. The molecule has 1 amide bonds. The average Bonchev–Trinajstić information content (AvgIpc) is 3.28. The van der Waals surface area contributed by atoms with Crippen LogP contribution in [0, 0.1) is 0 Å². The maximum absolute atomic E-state index is 12.7. The molecule has 4 aromatic rings. The fourth-order valence-electron chi connectivity index (χ4n) is 4.06. The van der Waals surface area contributed by atoms with E-state index in [9.17, 15) is 4.79 Å². The first kappa shape index (κ1) is 15.2. The van der Waals surface area contributed by atoms with Gasteiger partial charge in [-0.2, -0.15) is 0 Å². The Morgan fingerprint density at radius 3 is 2.77 bits per heavy atom. The molecular weight excluding hydrogens is 324 g/mol. The van der Waals surface area contributed by atoms with Gasteiger partial charge in [0.25, 0.3) is 5.91 Å². The fraction of sp³-hybridized carbons (Fsp3) is 0.190. The number of aromatic amines is 2. The van der Waals surface area contributed by atoms with Crippen LogP contribution in [0.5, 0.6) is 0 Å². The van der Waals surface area contributed by atoms with Crippen molar-refractivity contribution in [3.05, 3.63) is 71.0 Å². The fourth-order valence-corrected chi connectivity index (χ4v) is 4.06. The van der Waals surface area contributed by atoms with Crippen LogP contribution in [0.15, 0.2) is 48.7 Å². The molecule has 2 aromatic carbocycles. The van der Waals surface area contributed by atoms with Crippen LogP contribution in [-0.2, 0) is 6.54 Å². The number of amides is 1. The molecule has 5 nitrogen and oxygen atoms in total. The lowest BCUT2D eigenvalue weighted by Gasteiger charge is -2.16. The molecule has 0 spiro atoms. The molecule has 0 bridgehead atoms. The molecule has 3 heterocycles. The van der Waals surface area contributed by atoms with Crippen molar-refractivity contribution in [3.63, 3.8) is 0 Å². The summed E-state index contributed by atoms with van der Waals surface area (Å²) in [5, 5.41) is 5.42. The van der Waals surface area contributed by atoms with Crippen molar-refractivity contribution in [1.29, 1.82) is 0 Å². The van der Waals surface area contributed by atoms with Gasteiger partial charge in [-0.15, -0.1) is 0 Å². The summed E-state index contributed by atoms with van der Waals surface area (Å²) in [5.74, 6) is -0.00539. The summed E-state index contributed by atoms with van der Waals surface area (Å²) in [4.78, 5) is 21.6. The molecule has 0 fully saturated rings. The predicted molar refractivity (Wildman–Crippen MR) is 103 cm³/mol. The molecule has 1 aliphatic rings. The topological polar surface area (TPSA) is 63.9 Å². The van der Waals surface area contributed by atoms with E-state index in [1.165, 1.54) is 0 Å². The van der Waals surface area contributed by atoms with Gasteiger partial charge in [-0.05, 0) is 43.9 Å². The number of hydrogen-bond donors (Lipinski definition) is 3. The summed E-state index contributed by atoms with van der Waals surface area (Å²) in [5.41, 5.74) is 6.26. The van der Waals surface area contributed by atoms with Crippen molar-refractivity contribution in [3.8, 4) is 0 Å². The first-order valence-electron chi connectivity index (χ1n) is 8.78. The summed E-state index contributed by atoms with van der Waals surface area (Å²) in [7, 11) is 4.11. The molecule has 2 aromatic heterocycles. The van der Waals surface area contributed by atoms with Gasteiger partial charge in [0, 0.05) is 51.4 Å². The van der Waals surface area contributed by atoms with Gasteiger partial charge in [0.1, 0.15) is 0 Å². The number of hydrogen-bond acceptors (Lipinski definition) is 2. The van der Waals surface area contributed by atoms with Gasteiger partial charge in [-0.25, -0.2) is 0 Å². The van der Waals surface area contributed by atoms with Crippen LogP contribution in [0.4, 0.5) is 0 Å². The average molecular weight is 344 g/mol. The normalized spacial score (nSPS) is 16.6. The largest absolute Gasteiger partial charge is 0.361 e. The van der Waals surface area contributed by atoms with Gasteiger partial charge in [0.2, 0.25) is 0 Å². The third-order valence-corrected chi connectivity index (χ3v) is 5.15. The third kappa shape index (κ3) is 2.17. The molecule has 1 atom stereocenters. The number of nitrogens with one attached hydrogen (secondary N) is 3. The number of para-hydroxylation sites is 1. The van der Waals surface area contributed by atoms with Crippen LogP contribution >= 0.6 is 0 Å². The Morgan fingerprint density at radius 1 is 1.08 bits per heavy atom. The Kier molecular flexibility index (Phi) is 3.21. The number of fused-ring (bicyclic) bond motifs is 3. The van der Waals surface area contributed by atoms with E-state index < -0.39 is 0 Å². The molecule has 0 aliphatic carbocycles. The lowest BCUT2D eigenvalue weighted by molar-refractivity contribution is 0.0960. The van der Waals surface area contributed by atoms with E-state index >= 15 is 0 Å². The standard InChI is InChI=1S/C21H20N4O/c1-25(2)11-18-19(13-5-3-4-6-16(13)23-18)20-14-10-17-12(7-8-22-17)9-15(14)21(26)24-20/h3-10,20,22-23H,11H2,1-2H3,(H,24,26). The molecule has 1 unspecified atom stereocenters. The summed E-state index contributed by atoms with van der Waals surface area (Å²) in [6.45, 7) is 0.788. The second kappa shape index (κ2) is 5.47. The first-order valence-corrected chi connectivity index (χ1v) is 8.78. The zero-order chi connectivity index (χ0) is 17.8. The van der Waals surface area contributed by atoms with Gasteiger partial charge >= 0.3 is 0 Å². The number of benzene rings is 2. The number of rotatable bonds is 3. The molecule has 5 heteroatoms. The SMILES string of the molecule is CN(C)Cc1[nH]c2ccccc2c1C1NC(=O)c2cc3cc[nH]c3cc21. The second-order valence-electron chi connectivity index (χ2n) is 7.21. The number of nitrogens with zero attached hydrogens (tertiary/aromatic N) is 1. The van der Waals surface area contributed by atoms with Gasteiger partial charge in [0.05, 0.1) is 6.04 Å². The van der Waals surface area contributed by atoms with Crippen LogP contribution in [0.3, 0.4) is 0 Å². The summed E-state index contributed by atoms with van der Waals surface area (Å²) in [6, 6.07) is 14.2. The monoisotopic (exact) mass is 344 g/mol. The lowest BCUT2D eigenvalue weighted by Crippen LogP contribution is -2.22. The number of aromatic nitrogens is 2. The van der Waals surface area contributed by atoms with Crippen LogP contribution in [0.2, 0.25) is 0 Å². The van der Waals surface area contributed by atoms with Gasteiger partial charge in [-0.1, -0.05) is 18.2 Å². The number of carbonyl (C=O) groups excluding carboxylic acids is 1. The predicted octanol–water partition coefficient (Wildman–Crippen LogP) is 3.54. The van der Waals surface area contributed by atoms with E-state index in [0.29, 0.717) is 0 Å². The Labute approximate surface area is 151 Å². The molecule has 5 rings (SSSR count). The van der Waals surface area contributed by atoms with Gasteiger partial charge in [0.15, 0.2) is 0 Å². The van der Waals surface area contributed by atoms with E-state index in [1.54, 1.807) is 0 Å². The zero-order valence-corrected chi connectivity index (χ0v) is 14.8. The maximum Gasteiger partial charge on any atom is 0.252 e. The van der Waals surface area contributed by atoms with Crippen LogP contribution in [0.25, 0.3) is 21.8 Å². The van der Waals surface area contributed by atoms with Crippen molar-refractivity contribution < 1.29 is 4.79 Å². The van der Waals surface area contributed by atoms with Gasteiger partial charge in [-0.3, -0.25) is 4.79 Å². The highest BCUT2D eigenvalue weighted by atomic mass is 16.2. The number of carbonyl (C=O) groups is 1. The zero-order valence-electron chi connectivity index (χ0n) is 14.8. The Hall–Kier alpha value is -3.05. The minimum Gasteiger partial charge on any atom is -0.361 e. The molecule has 0 saturated carbocycles. The minimum absolute atomic E-state index is 0.00539. The van der Waals surface area contributed by atoms with Crippen LogP contribution < -0.4 is 5.32 Å². The highest BCUT2D eigenvalue weighted by molar-refractivity contribution is 6.04. The van der Waals surface area contributed by atoms with Crippen molar-refractivity contribution in [2.75, 3.05) is 14.1 Å². The molecule has 0 saturated heterocycles. The Morgan fingerprint density at radius 2 is 1.92 bits per heavy atom. The maximum atomic E-state index is 12.7. The van der Waals surface area contributed by atoms with Crippen molar-refractivity contribution in [2.24, 2.45) is 0 Å². The highest BCUT2D eigenvalue weighted by Crippen LogP contribution is 2.38. The summed E-state index contributed by atoms with van der Waals surface area (Å²) >= 11 is 0.